The Kier molecular flexibility index (Phi) is 5.57. The highest BCUT2D eigenvalue weighted by atomic mass is 32.2. The van der Waals surface area contributed by atoms with E-state index in [9.17, 15) is 8.42 Å². The molecule has 1 atom stereocenters. The molecule has 2 aromatic carbocycles. The van der Waals surface area contributed by atoms with Crippen molar-refractivity contribution in [1.82, 2.24) is 9.62 Å². The van der Waals surface area contributed by atoms with Crippen LogP contribution in [0.3, 0.4) is 0 Å². The first-order chi connectivity index (χ1) is 10.8. The summed E-state index contributed by atoms with van der Waals surface area (Å²) in [6.45, 7) is 4.93. The van der Waals surface area contributed by atoms with E-state index in [1.165, 1.54) is 29.5 Å². The molecule has 0 fully saturated rings. The molecule has 2 aromatic rings. The Morgan fingerprint density at radius 2 is 1.74 bits per heavy atom. The zero-order valence-electron chi connectivity index (χ0n) is 14.1. The Morgan fingerprint density at radius 1 is 1.09 bits per heavy atom. The lowest BCUT2D eigenvalue weighted by Gasteiger charge is -2.16. The topological polar surface area (TPSA) is 49.4 Å². The van der Waals surface area contributed by atoms with E-state index in [-0.39, 0.29) is 6.04 Å². The molecule has 124 valence electrons. The SMILES string of the molecule is Cc1cccc(CNC(C)c2ccc(S(=O)(=O)N(C)C)cc2)c1. The van der Waals surface area contributed by atoms with Crippen molar-refractivity contribution in [2.24, 2.45) is 0 Å². The molecule has 0 saturated carbocycles. The maximum atomic E-state index is 12.1. The number of nitrogens with zero attached hydrogens (tertiary/aromatic N) is 1. The predicted octanol–water partition coefficient (Wildman–Crippen LogP) is 3.10. The van der Waals surface area contributed by atoms with Crippen LogP contribution in [0.5, 0.6) is 0 Å². The van der Waals surface area contributed by atoms with Crippen molar-refractivity contribution in [2.75, 3.05) is 14.1 Å². The van der Waals surface area contributed by atoms with Gasteiger partial charge in [-0.05, 0) is 37.1 Å². The van der Waals surface area contributed by atoms with Gasteiger partial charge in [0, 0.05) is 26.7 Å². The number of hydrogen-bond acceptors (Lipinski definition) is 3. The molecule has 0 aliphatic rings. The second-order valence-corrected chi connectivity index (χ2v) is 8.10. The van der Waals surface area contributed by atoms with E-state index in [0.29, 0.717) is 4.90 Å². The monoisotopic (exact) mass is 332 g/mol. The highest BCUT2D eigenvalue weighted by Crippen LogP contribution is 2.18. The van der Waals surface area contributed by atoms with Crippen LogP contribution < -0.4 is 5.32 Å². The molecule has 0 amide bonds. The summed E-state index contributed by atoms with van der Waals surface area (Å²) in [5.41, 5.74) is 3.55. The maximum absolute atomic E-state index is 12.1. The van der Waals surface area contributed by atoms with E-state index in [1.54, 1.807) is 12.1 Å². The number of rotatable bonds is 6. The third-order valence-electron chi connectivity index (χ3n) is 3.85. The Labute approximate surface area is 139 Å². The van der Waals surface area contributed by atoms with Gasteiger partial charge in [0.05, 0.1) is 4.90 Å². The van der Waals surface area contributed by atoms with Crippen LogP contribution >= 0.6 is 0 Å². The smallest absolute Gasteiger partial charge is 0.242 e. The van der Waals surface area contributed by atoms with Gasteiger partial charge in [-0.25, -0.2) is 12.7 Å². The molecule has 0 heterocycles. The van der Waals surface area contributed by atoms with Crippen LogP contribution in [0, 0.1) is 6.92 Å². The lowest BCUT2D eigenvalue weighted by molar-refractivity contribution is 0.520. The highest BCUT2D eigenvalue weighted by molar-refractivity contribution is 7.89. The lowest BCUT2D eigenvalue weighted by atomic mass is 10.1. The van der Waals surface area contributed by atoms with E-state index >= 15 is 0 Å². The zero-order valence-corrected chi connectivity index (χ0v) is 14.9. The quantitative estimate of drug-likeness (QED) is 0.884. The van der Waals surface area contributed by atoms with E-state index in [2.05, 4.69) is 43.4 Å². The van der Waals surface area contributed by atoms with Crippen molar-refractivity contribution in [1.29, 1.82) is 0 Å². The van der Waals surface area contributed by atoms with Crippen molar-refractivity contribution in [3.05, 3.63) is 65.2 Å². The van der Waals surface area contributed by atoms with Crippen LogP contribution in [0.1, 0.15) is 29.7 Å². The summed E-state index contributed by atoms with van der Waals surface area (Å²) in [4.78, 5) is 0.317. The maximum Gasteiger partial charge on any atom is 0.242 e. The van der Waals surface area contributed by atoms with E-state index in [0.717, 1.165) is 12.1 Å². The minimum absolute atomic E-state index is 0.145. The van der Waals surface area contributed by atoms with Crippen LogP contribution in [0.4, 0.5) is 0 Å². The van der Waals surface area contributed by atoms with Gasteiger partial charge in [-0.15, -0.1) is 0 Å². The fraction of sp³-hybridized carbons (Fsp3) is 0.333. The predicted molar refractivity (Wildman–Crippen MR) is 93.7 cm³/mol. The first-order valence-corrected chi connectivity index (χ1v) is 9.06. The van der Waals surface area contributed by atoms with Gasteiger partial charge in [0.15, 0.2) is 0 Å². The number of benzene rings is 2. The van der Waals surface area contributed by atoms with Crippen molar-refractivity contribution >= 4 is 10.0 Å². The van der Waals surface area contributed by atoms with Gasteiger partial charge >= 0.3 is 0 Å². The van der Waals surface area contributed by atoms with E-state index < -0.39 is 10.0 Å². The zero-order chi connectivity index (χ0) is 17.0. The van der Waals surface area contributed by atoms with Crippen LogP contribution in [0.25, 0.3) is 0 Å². The van der Waals surface area contributed by atoms with Crippen molar-refractivity contribution in [3.63, 3.8) is 0 Å². The summed E-state index contributed by atoms with van der Waals surface area (Å²) in [5.74, 6) is 0. The normalized spacial score (nSPS) is 13.3. The van der Waals surface area contributed by atoms with Crippen molar-refractivity contribution < 1.29 is 8.42 Å². The molecule has 0 radical (unpaired) electrons. The third kappa shape index (κ3) is 4.41. The molecule has 1 unspecified atom stereocenters. The van der Waals surface area contributed by atoms with Crippen LogP contribution in [-0.4, -0.2) is 26.8 Å². The van der Waals surface area contributed by atoms with Crippen LogP contribution in [0.2, 0.25) is 0 Å². The standard InChI is InChI=1S/C18H24N2O2S/c1-14-6-5-7-16(12-14)13-19-15(2)17-8-10-18(11-9-17)23(21,22)20(3)4/h5-12,15,19H,13H2,1-4H3. The molecule has 4 nitrogen and oxygen atoms in total. The highest BCUT2D eigenvalue weighted by Gasteiger charge is 2.17. The molecule has 0 bridgehead atoms. The first kappa shape index (κ1) is 17.7. The molecule has 0 aliphatic carbocycles. The molecule has 0 spiro atoms. The number of nitrogens with one attached hydrogen (secondary N) is 1. The number of hydrogen-bond donors (Lipinski definition) is 1. The van der Waals surface area contributed by atoms with E-state index in [4.69, 9.17) is 0 Å². The summed E-state index contributed by atoms with van der Waals surface area (Å²) in [6.07, 6.45) is 0. The van der Waals surface area contributed by atoms with Gasteiger partial charge in [0.2, 0.25) is 10.0 Å². The molecule has 0 saturated heterocycles. The average molecular weight is 332 g/mol. The number of aryl methyl sites for hydroxylation is 1. The van der Waals surface area contributed by atoms with Gasteiger partial charge < -0.3 is 5.32 Å². The van der Waals surface area contributed by atoms with Gasteiger partial charge in [0.25, 0.3) is 0 Å². The van der Waals surface area contributed by atoms with Crippen LogP contribution in [-0.2, 0) is 16.6 Å². The van der Waals surface area contributed by atoms with Crippen molar-refractivity contribution in [3.8, 4) is 0 Å². The summed E-state index contributed by atoms with van der Waals surface area (Å²) in [7, 11) is -0.293. The third-order valence-corrected chi connectivity index (χ3v) is 5.68. The summed E-state index contributed by atoms with van der Waals surface area (Å²) < 4.78 is 25.4. The molecular formula is C18H24N2O2S. The number of sulfonamides is 1. The first-order valence-electron chi connectivity index (χ1n) is 7.62. The Bertz CT molecular complexity index is 753. The Balaban J connectivity index is 2.04. The molecular weight excluding hydrogens is 308 g/mol. The summed E-state index contributed by atoms with van der Waals surface area (Å²) in [6, 6.07) is 15.6. The Hall–Kier alpha value is -1.69. The average Bonchev–Trinajstić information content (AvgIpc) is 2.52. The fourth-order valence-electron chi connectivity index (χ4n) is 2.35. The Morgan fingerprint density at radius 3 is 2.30 bits per heavy atom. The molecule has 2 rings (SSSR count). The van der Waals surface area contributed by atoms with Gasteiger partial charge in [-0.1, -0.05) is 42.0 Å². The largest absolute Gasteiger partial charge is 0.306 e. The van der Waals surface area contributed by atoms with Gasteiger partial charge in [-0.2, -0.15) is 0 Å². The van der Waals surface area contributed by atoms with Gasteiger partial charge in [0.1, 0.15) is 0 Å². The minimum atomic E-state index is -3.37. The molecule has 23 heavy (non-hydrogen) atoms. The van der Waals surface area contributed by atoms with Crippen molar-refractivity contribution in [2.45, 2.75) is 31.3 Å². The fourth-order valence-corrected chi connectivity index (χ4v) is 3.25. The molecule has 1 N–H and O–H groups in total. The lowest BCUT2D eigenvalue weighted by Crippen LogP contribution is -2.22. The van der Waals surface area contributed by atoms with Crippen LogP contribution in [0.15, 0.2) is 53.4 Å². The van der Waals surface area contributed by atoms with E-state index in [1.807, 2.05) is 12.1 Å². The summed E-state index contributed by atoms with van der Waals surface area (Å²) in [5, 5.41) is 3.46. The van der Waals surface area contributed by atoms with Gasteiger partial charge in [-0.3, -0.25) is 0 Å². The molecule has 0 aromatic heterocycles. The second kappa shape index (κ2) is 7.25. The summed E-state index contributed by atoms with van der Waals surface area (Å²) >= 11 is 0. The second-order valence-electron chi connectivity index (χ2n) is 5.95. The molecule has 5 heteroatoms. The molecule has 0 aliphatic heterocycles. The minimum Gasteiger partial charge on any atom is -0.306 e.